The van der Waals surface area contributed by atoms with Crippen LogP contribution in [0.2, 0.25) is 0 Å². The molecule has 2 nitrogen and oxygen atoms in total. The van der Waals surface area contributed by atoms with E-state index >= 15 is 0 Å². The topological polar surface area (TPSA) is 18.5 Å². The predicted octanol–water partition coefficient (Wildman–Crippen LogP) is 7.50. The Balaban J connectivity index is 2.87. The Labute approximate surface area is 167 Å². The van der Waals surface area contributed by atoms with Crippen LogP contribution < -0.4 is 9.47 Å². The van der Waals surface area contributed by atoms with Gasteiger partial charge in [0.2, 0.25) is 0 Å². The number of hydrogen-bond donors (Lipinski definition) is 0. The van der Waals surface area contributed by atoms with Crippen LogP contribution in [0.15, 0.2) is 28.7 Å². The summed E-state index contributed by atoms with van der Waals surface area (Å²) in [5.74, 6) is 2.86. The lowest BCUT2D eigenvalue weighted by atomic mass is 9.82. The number of hydrogen-bond acceptors (Lipinski definition) is 2. The summed E-state index contributed by atoms with van der Waals surface area (Å²) in [6, 6.07) is 8.84. The summed E-state index contributed by atoms with van der Waals surface area (Å²) in [7, 11) is 3.35. The lowest BCUT2D eigenvalue weighted by Gasteiger charge is -2.24. The molecule has 2 aromatic rings. The molecule has 0 N–H and O–H groups in total. The molecule has 0 aromatic heterocycles. The Morgan fingerprint density at radius 2 is 1.15 bits per heavy atom. The SMILES string of the molecule is COc1cc(Br)c(-c2c(C(C)C)cc(C(C)C)cc2C(C)C)cc1OC. The van der Waals surface area contributed by atoms with Gasteiger partial charge in [0.1, 0.15) is 0 Å². The smallest absolute Gasteiger partial charge is 0.161 e. The maximum atomic E-state index is 5.57. The number of ether oxygens (including phenoxy) is 2. The molecule has 0 amide bonds. The van der Waals surface area contributed by atoms with Gasteiger partial charge in [-0.3, -0.25) is 0 Å². The number of methoxy groups -OCH3 is 2. The van der Waals surface area contributed by atoms with Crippen LogP contribution in [0.5, 0.6) is 11.5 Å². The van der Waals surface area contributed by atoms with E-state index < -0.39 is 0 Å². The molecule has 0 heterocycles. The maximum Gasteiger partial charge on any atom is 0.161 e. The van der Waals surface area contributed by atoms with Gasteiger partial charge in [-0.25, -0.2) is 0 Å². The summed E-state index contributed by atoms with van der Waals surface area (Å²) in [6.07, 6.45) is 0. The minimum Gasteiger partial charge on any atom is -0.493 e. The van der Waals surface area contributed by atoms with Gasteiger partial charge < -0.3 is 9.47 Å². The van der Waals surface area contributed by atoms with Crippen molar-refractivity contribution in [2.45, 2.75) is 59.3 Å². The van der Waals surface area contributed by atoms with Gasteiger partial charge in [-0.15, -0.1) is 0 Å². The Hall–Kier alpha value is -1.48. The molecule has 0 saturated heterocycles. The highest BCUT2D eigenvalue weighted by Gasteiger charge is 2.21. The third-order valence-corrected chi connectivity index (χ3v) is 5.53. The van der Waals surface area contributed by atoms with Crippen LogP contribution in [-0.2, 0) is 0 Å². The van der Waals surface area contributed by atoms with Crippen molar-refractivity contribution in [2.75, 3.05) is 14.2 Å². The number of benzene rings is 2. The summed E-state index contributed by atoms with van der Waals surface area (Å²) in [5, 5.41) is 0. The van der Waals surface area contributed by atoms with Gasteiger partial charge in [0, 0.05) is 10.0 Å². The van der Waals surface area contributed by atoms with Crippen molar-refractivity contribution in [3.8, 4) is 22.6 Å². The van der Waals surface area contributed by atoms with Gasteiger partial charge in [0.25, 0.3) is 0 Å². The molecule has 0 radical (unpaired) electrons. The van der Waals surface area contributed by atoms with E-state index in [1.807, 2.05) is 6.07 Å². The largest absolute Gasteiger partial charge is 0.493 e. The van der Waals surface area contributed by atoms with Crippen LogP contribution in [-0.4, -0.2) is 14.2 Å². The second-order valence-electron chi connectivity index (χ2n) is 7.73. The molecule has 0 unspecified atom stereocenters. The van der Waals surface area contributed by atoms with E-state index in [2.05, 4.69) is 75.7 Å². The number of rotatable bonds is 6. The van der Waals surface area contributed by atoms with E-state index in [0.29, 0.717) is 17.8 Å². The fraction of sp³-hybridized carbons (Fsp3) is 0.478. The van der Waals surface area contributed by atoms with E-state index in [1.165, 1.54) is 22.3 Å². The van der Waals surface area contributed by atoms with Gasteiger partial charge in [0.05, 0.1) is 14.2 Å². The highest BCUT2D eigenvalue weighted by Crippen LogP contribution is 2.45. The molecule has 2 rings (SSSR count). The molecule has 0 aliphatic rings. The van der Waals surface area contributed by atoms with Crippen LogP contribution in [0, 0.1) is 0 Å². The maximum absolute atomic E-state index is 5.57. The normalized spacial score (nSPS) is 11.5. The lowest BCUT2D eigenvalue weighted by Crippen LogP contribution is -2.04. The Morgan fingerprint density at radius 3 is 1.54 bits per heavy atom. The first kappa shape index (κ1) is 20.8. The van der Waals surface area contributed by atoms with Crippen molar-refractivity contribution in [3.05, 3.63) is 45.4 Å². The first-order valence-corrected chi connectivity index (χ1v) is 10.1. The molecule has 0 fully saturated rings. The third kappa shape index (κ3) is 4.09. The van der Waals surface area contributed by atoms with Crippen molar-refractivity contribution in [2.24, 2.45) is 0 Å². The van der Waals surface area contributed by atoms with Crippen LogP contribution in [0.4, 0.5) is 0 Å². The average Bonchev–Trinajstić information content (AvgIpc) is 2.59. The van der Waals surface area contributed by atoms with Crippen LogP contribution in [0.1, 0.15) is 76.0 Å². The third-order valence-electron chi connectivity index (χ3n) is 4.87. The second kappa shape index (κ2) is 8.47. The van der Waals surface area contributed by atoms with Crippen molar-refractivity contribution in [1.82, 2.24) is 0 Å². The molecule has 0 saturated carbocycles. The molecule has 2 aromatic carbocycles. The quantitative estimate of drug-likeness (QED) is 0.483. The molecule has 0 aliphatic carbocycles. The fourth-order valence-corrected chi connectivity index (χ4v) is 3.83. The summed E-state index contributed by atoms with van der Waals surface area (Å²) >= 11 is 3.77. The molecule has 142 valence electrons. The molecular formula is C23H31BrO2. The van der Waals surface area contributed by atoms with E-state index in [4.69, 9.17) is 9.47 Å². The van der Waals surface area contributed by atoms with Gasteiger partial charge in [-0.2, -0.15) is 0 Å². The van der Waals surface area contributed by atoms with Crippen molar-refractivity contribution in [1.29, 1.82) is 0 Å². The molecule has 26 heavy (non-hydrogen) atoms. The Morgan fingerprint density at radius 1 is 0.692 bits per heavy atom. The lowest BCUT2D eigenvalue weighted by molar-refractivity contribution is 0.355. The Kier molecular flexibility index (Phi) is 6.79. The zero-order valence-electron chi connectivity index (χ0n) is 17.2. The predicted molar refractivity (Wildman–Crippen MR) is 115 cm³/mol. The van der Waals surface area contributed by atoms with Gasteiger partial charge in [-0.05, 0) is 52.1 Å². The zero-order valence-corrected chi connectivity index (χ0v) is 18.8. The van der Waals surface area contributed by atoms with Crippen LogP contribution in [0.3, 0.4) is 0 Å². The second-order valence-corrected chi connectivity index (χ2v) is 8.58. The molecular weight excluding hydrogens is 388 g/mol. The van der Waals surface area contributed by atoms with Gasteiger partial charge >= 0.3 is 0 Å². The van der Waals surface area contributed by atoms with E-state index in [9.17, 15) is 0 Å². The summed E-state index contributed by atoms with van der Waals surface area (Å²) in [5.41, 5.74) is 6.64. The van der Waals surface area contributed by atoms with Crippen molar-refractivity contribution < 1.29 is 9.47 Å². The minimum atomic E-state index is 0.432. The highest BCUT2D eigenvalue weighted by molar-refractivity contribution is 9.10. The van der Waals surface area contributed by atoms with Crippen LogP contribution >= 0.6 is 15.9 Å². The molecule has 0 bridgehead atoms. The van der Waals surface area contributed by atoms with Crippen molar-refractivity contribution in [3.63, 3.8) is 0 Å². The summed E-state index contributed by atoms with van der Waals surface area (Å²) in [4.78, 5) is 0. The van der Waals surface area contributed by atoms with Gasteiger partial charge in [-0.1, -0.05) is 69.6 Å². The molecule has 3 heteroatoms. The van der Waals surface area contributed by atoms with Crippen molar-refractivity contribution >= 4 is 15.9 Å². The zero-order chi connectivity index (χ0) is 19.6. The van der Waals surface area contributed by atoms with Crippen LogP contribution in [0.25, 0.3) is 11.1 Å². The Bertz CT molecular complexity index is 747. The molecule has 0 spiro atoms. The monoisotopic (exact) mass is 418 g/mol. The fourth-order valence-electron chi connectivity index (χ4n) is 3.31. The van der Waals surface area contributed by atoms with Gasteiger partial charge in [0.15, 0.2) is 11.5 Å². The summed E-state index contributed by atoms with van der Waals surface area (Å²) in [6.45, 7) is 13.6. The first-order valence-electron chi connectivity index (χ1n) is 9.30. The average molecular weight is 419 g/mol. The molecule has 0 atom stereocenters. The van der Waals surface area contributed by atoms with E-state index in [-0.39, 0.29) is 0 Å². The summed E-state index contributed by atoms with van der Waals surface area (Å²) < 4.78 is 12.1. The first-order chi connectivity index (χ1) is 12.2. The highest BCUT2D eigenvalue weighted by atomic mass is 79.9. The minimum absolute atomic E-state index is 0.432. The molecule has 0 aliphatic heterocycles. The van der Waals surface area contributed by atoms with E-state index in [1.54, 1.807) is 14.2 Å². The standard InChI is InChI=1S/C23H31BrO2/c1-13(2)16-9-17(14(3)4)23(18(10-16)15(5)6)19-11-21(25-7)22(26-8)12-20(19)24/h9-15H,1-8H3. The number of halogens is 1. The van der Waals surface area contributed by atoms with E-state index in [0.717, 1.165) is 21.5 Å².